The first kappa shape index (κ1) is 20.8. The lowest BCUT2D eigenvalue weighted by atomic mass is 10.1. The van der Waals surface area contributed by atoms with Crippen molar-refractivity contribution in [3.8, 4) is 0 Å². The maximum Gasteiger partial charge on any atom is 0.296 e. The summed E-state index contributed by atoms with van der Waals surface area (Å²) < 4.78 is 1.80. The van der Waals surface area contributed by atoms with Crippen molar-refractivity contribution in [3.63, 3.8) is 0 Å². The lowest BCUT2D eigenvalue weighted by molar-refractivity contribution is -0.112. The Morgan fingerprint density at radius 1 is 1.11 bits per heavy atom. The summed E-state index contributed by atoms with van der Waals surface area (Å²) in [5.41, 5.74) is 3.59. The average Bonchev–Trinajstić information content (AvgIpc) is 2.92. The minimum Gasteiger partial charge on any atom is -0.411 e. The van der Waals surface area contributed by atoms with Crippen LogP contribution in [-0.2, 0) is 9.59 Å². The summed E-state index contributed by atoms with van der Waals surface area (Å²) >= 11 is 6.67. The molecule has 0 aliphatic carbocycles. The number of fused-ring (bicyclic) bond motifs is 1. The van der Waals surface area contributed by atoms with Gasteiger partial charge in [-0.15, -0.1) is 0 Å². The van der Waals surface area contributed by atoms with Gasteiger partial charge in [-0.25, -0.2) is 0 Å². The van der Waals surface area contributed by atoms with Crippen LogP contribution in [0.5, 0.6) is 0 Å². The van der Waals surface area contributed by atoms with E-state index in [2.05, 4.69) is 47.6 Å². The molecule has 0 atom stereocenters. The summed E-state index contributed by atoms with van der Waals surface area (Å²) in [6.07, 6.45) is 0.806. The molecule has 3 N–H and O–H groups in total. The molecule has 9 heteroatoms. The van der Waals surface area contributed by atoms with Crippen LogP contribution in [0.15, 0.2) is 44.4 Å². The van der Waals surface area contributed by atoms with Gasteiger partial charge < -0.3 is 15.8 Å². The SMILES string of the molecule is Cc1c(Br)ccc2c1NC(=O)C2=O.Cc1c(Br)cccc1NC(=O)C=NO. The maximum absolute atomic E-state index is 11.2. The van der Waals surface area contributed by atoms with E-state index >= 15 is 0 Å². The molecule has 1 aliphatic heterocycles. The van der Waals surface area contributed by atoms with Crippen LogP contribution in [0.2, 0.25) is 0 Å². The van der Waals surface area contributed by atoms with E-state index in [0.717, 1.165) is 26.3 Å². The van der Waals surface area contributed by atoms with Gasteiger partial charge in [0.05, 0.1) is 11.3 Å². The normalized spacial score (nSPS) is 12.3. The monoisotopic (exact) mass is 495 g/mol. The molecule has 0 spiro atoms. The van der Waals surface area contributed by atoms with Crippen molar-refractivity contribution in [2.45, 2.75) is 13.8 Å². The molecule has 0 saturated heterocycles. The van der Waals surface area contributed by atoms with Crippen molar-refractivity contribution < 1.29 is 19.6 Å². The fourth-order valence-corrected chi connectivity index (χ4v) is 2.99. The topological polar surface area (TPSA) is 108 Å². The number of ketones is 1. The molecule has 140 valence electrons. The third kappa shape index (κ3) is 4.81. The highest BCUT2D eigenvalue weighted by Gasteiger charge is 2.29. The zero-order chi connectivity index (χ0) is 20.1. The molecule has 0 radical (unpaired) electrons. The van der Waals surface area contributed by atoms with E-state index in [1.54, 1.807) is 18.2 Å². The summed E-state index contributed by atoms with van der Waals surface area (Å²) in [7, 11) is 0. The number of carbonyl (C=O) groups excluding carboxylic acids is 3. The number of amides is 2. The minimum atomic E-state index is -0.545. The fraction of sp³-hybridized carbons (Fsp3) is 0.111. The van der Waals surface area contributed by atoms with Gasteiger partial charge in [-0.1, -0.05) is 43.1 Å². The largest absolute Gasteiger partial charge is 0.411 e. The van der Waals surface area contributed by atoms with Crippen LogP contribution in [-0.4, -0.2) is 29.0 Å². The van der Waals surface area contributed by atoms with Gasteiger partial charge in [0, 0.05) is 14.6 Å². The molecule has 0 fully saturated rings. The van der Waals surface area contributed by atoms with Crippen LogP contribution in [0.3, 0.4) is 0 Å². The third-order valence-corrected chi connectivity index (χ3v) is 5.51. The van der Waals surface area contributed by atoms with Gasteiger partial charge in [-0.05, 0) is 49.2 Å². The van der Waals surface area contributed by atoms with Crippen LogP contribution in [0, 0.1) is 13.8 Å². The quantitative estimate of drug-likeness (QED) is 0.252. The van der Waals surface area contributed by atoms with Gasteiger partial charge in [-0.2, -0.15) is 0 Å². The van der Waals surface area contributed by atoms with E-state index in [4.69, 9.17) is 5.21 Å². The van der Waals surface area contributed by atoms with Gasteiger partial charge in [0.25, 0.3) is 17.6 Å². The van der Waals surface area contributed by atoms with Crippen LogP contribution in [0.4, 0.5) is 11.4 Å². The Morgan fingerprint density at radius 2 is 1.78 bits per heavy atom. The summed E-state index contributed by atoms with van der Waals surface area (Å²) in [6.45, 7) is 3.72. The number of hydrogen-bond acceptors (Lipinski definition) is 5. The molecule has 0 aromatic heterocycles. The molecule has 2 aromatic carbocycles. The van der Waals surface area contributed by atoms with Gasteiger partial charge in [0.15, 0.2) is 0 Å². The molecule has 27 heavy (non-hydrogen) atoms. The Labute approximate surface area is 172 Å². The first-order chi connectivity index (χ1) is 12.8. The predicted octanol–water partition coefficient (Wildman–Crippen LogP) is 4.05. The molecule has 0 saturated carbocycles. The molecule has 1 aliphatic rings. The lowest BCUT2D eigenvalue weighted by Crippen LogP contribution is -2.13. The standard InChI is InChI=1S/C9H9BrN2O2.C9H6BrNO2/c1-6-7(10)3-2-4-8(6)12-9(13)5-11-14;1-4-6(10)3-2-5-7(4)11-9(13)8(5)12/h2-5,14H,1H3,(H,12,13);2-3H,1H3,(H,11,12,13). The van der Waals surface area contributed by atoms with Crippen molar-refractivity contribution in [1.29, 1.82) is 0 Å². The van der Waals surface area contributed by atoms with Crippen LogP contribution in [0.1, 0.15) is 21.5 Å². The Morgan fingerprint density at radius 3 is 2.44 bits per heavy atom. The fourth-order valence-electron chi connectivity index (χ4n) is 2.29. The minimum absolute atomic E-state index is 0.453. The van der Waals surface area contributed by atoms with Crippen LogP contribution >= 0.6 is 31.9 Å². The summed E-state index contributed by atoms with van der Waals surface area (Å²) in [6, 6.07) is 8.87. The van der Waals surface area contributed by atoms with E-state index in [1.807, 2.05) is 26.0 Å². The highest BCUT2D eigenvalue weighted by Crippen LogP contribution is 2.31. The van der Waals surface area contributed by atoms with Gasteiger partial charge >= 0.3 is 0 Å². The van der Waals surface area contributed by atoms with E-state index < -0.39 is 17.6 Å². The van der Waals surface area contributed by atoms with Crippen molar-refractivity contribution in [2.24, 2.45) is 5.16 Å². The number of hydrogen-bond donors (Lipinski definition) is 3. The Balaban J connectivity index is 0.000000194. The van der Waals surface area contributed by atoms with Crippen LogP contribution < -0.4 is 10.6 Å². The van der Waals surface area contributed by atoms with Crippen molar-refractivity contribution >= 4 is 67.0 Å². The number of anilines is 2. The first-order valence-corrected chi connectivity index (χ1v) is 9.23. The number of Topliss-reactive ketones (excluding diaryl/α,β-unsaturated/α-hetero) is 1. The number of carbonyl (C=O) groups is 3. The number of benzene rings is 2. The summed E-state index contributed by atoms with van der Waals surface area (Å²) in [4.78, 5) is 33.3. The molecule has 0 bridgehead atoms. The molecular weight excluding hydrogens is 482 g/mol. The van der Waals surface area contributed by atoms with Gasteiger partial charge in [0.2, 0.25) is 0 Å². The third-order valence-electron chi connectivity index (χ3n) is 3.79. The predicted molar refractivity (Wildman–Crippen MR) is 110 cm³/mol. The van der Waals surface area contributed by atoms with E-state index in [9.17, 15) is 14.4 Å². The summed E-state index contributed by atoms with van der Waals surface area (Å²) in [5.74, 6) is -1.46. The lowest BCUT2D eigenvalue weighted by Gasteiger charge is -2.06. The van der Waals surface area contributed by atoms with Crippen molar-refractivity contribution in [3.05, 3.63) is 56.0 Å². The van der Waals surface area contributed by atoms with E-state index in [0.29, 0.717) is 16.9 Å². The Hall–Kier alpha value is -2.52. The zero-order valence-electron chi connectivity index (χ0n) is 14.3. The molecule has 1 heterocycles. The molecule has 7 nitrogen and oxygen atoms in total. The van der Waals surface area contributed by atoms with Gasteiger partial charge in [-0.3, -0.25) is 14.4 Å². The average molecular weight is 497 g/mol. The second kappa shape index (κ2) is 8.92. The first-order valence-electron chi connectivity index (χ1n) is 7.64. The second-order valence-electron chi connectivity index (χ2n) is 5.52. The number of nitrogens with zero attached hydrogens (tertiary/aromatic N) is 1. The zero-order valence-corrected chi connectivity index (χ0v) is 17.5. The van der Waals surface area contributed by atoms with Crippen molar-refractivity contribution in [2.75, 3.05) is 10.6 Å². The smallest absolute Gasteiger partial charge is 0.296 e. The Kier molecular flexibility index (Phi) is 6.86. The highest BCUT2D eigenvalue weighted by atomic mass is 79.9. The molecule has 2 amide bonds. The summed E-state index contributed by atoms with van der Waals surface area (Å²) in [5, 5.41) is 15.9. The van der Waals surface area contributed by atoms with E-state index in [-0.39, 0.29) is 0 Å². The second-order valence-corrected chi connectivity index (χ2v) is 7.23. The van der Waals surface area contributed by atoms with Crippen LogP contribution in [0.25, 0.3) is 0 Å². The Bertz CT molecular complexity index is 958. The highest BCUT2D eigenvalue weighted by molar-refractivity contribution is 9.10. The number of rotatable bonds is 2. The van der Waals surface area contributed by atoms with E-state index in [1.165, 1.54) is 0 Å². The maximum atomic E-state index is 11.2. The van der Waals surface area contributed by atoms with Crippen molar-refractivity contribution in [1.82, 2.24) is 0 Å². The molecule has 0 unspecified atom stereocenters. The van der Waals surface area contributed by atoms with Gasteiger partial charge in [0.1, 0.15) is 6.21 Å². The number of oxime groups is 1. The molecule has 3 rings (SSSR count). The molecular formula is C18H15Br2N3O4. The number of halogens is 2. The number of nitrogens with one attached hydrogen (secondary N) is 2. The molecule has 2 aromatic rings.